The third-order valence-electron chi connectivity index (χ3n) is 9.39. The number of alkyl carbamates (subject to hydrolysis) is 1. The van der Waals surface area contributed by atoms with E-state index < -0.39 is 31.7 Å². The Morgan fingerprint density at radius 2 is 1.04 bits per heavy atom. The van der Waals surface area contributed by atoms with Gasteiger partial charge in [0.05, 0.1) is 42.5 Å². The minimum Gasteiger partial charge on any atom is -0.444 e. The molecule has 0 unspecified atom stereocenters. The Morgan fingerprint density at radius 3 is 1.45 bits per heavy atom. The lowest BCUT2D eigenvalue weighted by atomic mass is 10.1. The largest absolute Gasteiger partial charge is 0.444 e. The average Bonchev–Trinajstić information content (AvgIpc) is 3.89. The molecule has 0 atom stereocenters. The zero-order valence-corrected chi connectivity index (χ0v) is 41.1. The summed E-state index contributed by atoms with van der Waals surface area (Å²) in [5.41, 5.74) is 10.9. The van der Waals surface area contributed by atoms with Crippen LogP contribution in [0.2, 0.25) is 0 Å². The van der Waals surface area contributed by atoms with Crippen LogP contribution in [0.3, 0.4) is 0 Å². The maximum atomic E-state index is 12.7. The first-order chi connectivity index (χ1) is 32.0. The number of sulfonamides is 2. The van der Waals surface area contributed by atoms with Crippen LogP contribution >= 0.6 is 31.9 Å². The summed E-state index contributed by atoms with van der Waals surface area (Å²) in [7, 11) is -7.34. The van der Waals surface area contributed by atoms with Crippen molar-refractivity contribution in [1.82, 2.24) is 44.0 Å². The molecule has 8 rings (SSSR count). The van der Waals surface area contributed by atoms with Crippen molar-refractivity contribution in [1.29, 1.82) is 0 Å². The van der Waals surface area contributed by atoms with Crippen LogP contribution in [0.5, 0.6) is 0 Å². The van der Waals surface area contributed by atoms with Gasteiger partial charge < -0.3 is 26.4 Å². The zero-order valence-electron chi connectivity index (χ0n) is 36.3. The Labute approximate surface area is 404 Å². The third-order valence-corrected chi connectivity index (χ3v) is 13.5. The second kappa shape index (κ2) is 21.1. The van der Waals surface area contributed by atoms with Crippen LogP contribution in [0.15, 0.2) is 152 Å². The van der Waals surface area contributed by atoms with Crippen LogP contribution in [-0.4, -0.2) is 83.9 Å². The summed E-state index contributed by atoms with van der Waals surface area (Å²) < 4.78 is 64.7. The summed E-state index contributed by atoms with van der Waals surface area (Å²) in [5, 5.41) is 17.9. The molecule has 0 spiro atoms. The van der Waals surface area contributed by atoms with Crippen molar-refractivity contribution in [3.8, 4) is 22.5 Å². The molecule has 0 aliphatic carbocycles. The predicted octanol–water partition coefficient (Wildman–Crippen LogP) is 7.84. The molecule has 0 saturated heterocycles. The second-order valence-electron chi connectivity index (χ2n) is 15.6. The molecule has 0 saturated carbocycles. The number of amides is 1. The summed E-state index contributed by atoms with van der Waals surface area (Å²) in [6.45, 7) is 5.79. The van der Waals surface area contributed by atoms with Gasteiger partial charge in [-0.2, -0.15) is 19.2 Å². The van der Waals surface area contributed by atoms with Crippen molar-refractivity contribution < 1.29 is 26.4 Å². The molecule has 348 valence electrons. The lowest BCUT2D eigenvalue weighted by molar-refractivity contribution is 0.0528. The molecule has 4 aromatic heterocycles. The first-order valence-electron chi connectivity index (χ1n) is 20.6. The average molecular weight is 1070 g/mol. The fourth-order valence-corrected chi connectivity index (χ4v) is 9.09. The standard InChI is InChI=1S/C25H27BrN6O4S.C20H19BrN6O2S/c1-25(2,3)36-24(33)27-13-14-29-37(34,35)19-11-9-18(10-12-19)30-22-15-21(17-7-5-4-6-8-17)31-23-20(26)16-28-32(22)23;21-17-13-23-27-19(12-18(26-20(17)27)14-4-2-1-3-5-14)25-15-6-8-16(9-7-15)30(28,29)24-11-10-22/h4-12,15-16,29-30H,13-14H2,1-3H3,(H,27,33);1-9,12-13,24-25H,10-11,22H2. The molecular formula is C45H46Br2N12O6S2. The highest BCUT2D eigenvalue weighted by molar-refractivity contribution is 9.11. The molecule has 22 heteroatoms. The highest BCUT2D eigenvalue weighted by atomic mass is 79.9. The molecule has 0 aliphatic rings. The molecule has 0 bridgehead atoms. The summed E-state index contributed by atoms with van der Waals surface area (Å²) in [6, 6.07) is 36.2. The number of hydrogen-bond acceptors (Lipinski definition) is 13. The van der Waals surface area contributed by atoms with E-state index in [0.29, 0.717) is 34.3 Å². The number of nitrogens with two attached hydrogens (primary N) is 1. The monoisotopic (exact) mass is 1070 g/mol. The highest BCUT2D eigenvalue weighted by Crippen LogP contribution is 2.30. The van der Waals surface area contributed by atoms with Crippen LogP contribution in [0.25, 0.3) is 33.8 Å². The first-order valence-corrected chi connectivity index (χ1v) is 25.1. The van der Waals surface area contributed by atoms with Gasteiger partial charge in [0, 0.05) is 60.8 Å². The molecule has 4 aromatic carbocycles. The fourth-order valence-electron chi connectivity index (χ4n) is 6.32. The maximum absolute atomic E-state index is 12.7. The van der Waals surface area contributed by atoms with E-state index in [1.807, 2.05) is 72.8 Å². The van der Waals surface area contributed by atoms with Gasteiger partial charge in [0.1, 0.15) is 17.2 Å². The number of aromatic nitrogens is 6. The first kappa shape index (κ1) is 48.7. The lowest BCUT2D eigenvalue weighted by Crippen LogP contribution is -2.37. The number of fused-ring (bicyclic) bond motifs is 2. The van der Waals surface area contributed by atoms with Crippen molar-refractivity contribution in [2.24, 2.45) is 5.73 Å². The van der Waals surface area contributed by atoms with Crippen LogP contribution in [0.1, 0.15) is 20.8 Å². The van der Waals surface area contributed by atoms with E-state index in [4.69, 9.17) is 20.4 Å². The van der Waals surface area contributed by atoms with Crippen molar-refractivity contribution in [3.05, 3.63) is 143 Å². The number of nitrogens with one attached hydrogen (secondary N) is 5. The van der Waals surface area contributed by atoms with Gasteiger partial charge in [0.15, 0.2) is 11.3 Å². The Kier molecular flexibility index (Phi) is 15.3. The number of carbonyl (C=O) groups excluding carboxylic acids is 1. The van der Waals surface area contributed by atoms with Crippen molar-refractivity contribution in [2.75, 3.05) is 36.8 Å². The van der Waals surface area contributed by atoms with E-state index in [-0.39, 0.29) is 36.0 Å². The number of hydrogen-bond donors (Lipinski definition) is 6. The van der Waals surface area contributed by atoms with Gasteiger partial charge in [0.2, 0.25) is 20.0 Å². The number of carbonyl (C=O) groups is 1. The van der Waals surface area contributed by atoms with Gasteiger partial charge in [-0.25, -0.2) is 41.0 Å². The molecule has 18 nitrogen and oxygen atoms in total. The van der Waals surface area contributed by atoms with Crippen molar-refractivity contribution >= 4 is 92.3 Å². The summed E-state index contributed by atoms with van der Waals surface area (Å²) in [4.78, 5) is 21.4. The second-order valence-corrected chi connectivity index (χ2v) is 20.8. The van der Waals surface area contributed by atoms with E-state index >= 15 is 0 Å². The predicted molar refractivity (Wildman–Crippen MR) is 265 cm³/mol. The Balaban J connectivity index is 0.000000203. The summed E-state index contributed by atoms with van der Waals surface area (Å²) >= 11 is 6.98. The van der Waals surface area contributed by atoms with Crippen LogP contribution < -0.4 is 31.1 Å². The van der Waals surface area contributed by atoms with Gasteiger partial charge in [-0.1, -0.05) is 60.7 Å². The van der Waals surface area contributed by atoms with Gasteiger partial charge in [-0.15, -0.1) is 0 Å². The minimum absolute atomic E-state index is 0.0208. The van der Waals surface area contributed by atoms with Crippen LogP contribution in [0, 0.1) is 0 Å². The number of benzene rings is 4. The number of ether oxygens (including phenoxy) is 1. The SMILES string of the molecule is CC(C)(C)OC(=O)NCCNS(=O)(=O)c1ccc(Nc2cc(-c3ccccc3)nc3c(Br)cnn23)cc1.NCCNS(=O)(=O)c1ccc(Nc2cc(-c3ccccc3)nc3c(Br)cnn23)cc1. The van der Waals surface area contributed by atoms with E-state index in [1.54, 1.807) is 66.5 Å². The van der Waals surface area contributed by atoms with Gasteiger partial charge in [-0.05, 0) is 101 Å². The molecule has 0 radical (unpaired) electrons. The van der Waals surface area contributed by atoms with Crippen LogP contribution in [0.4, 0.5) is 27.8 Å². The van der Waals surface area contributed by atoms with Crippen molar-refractivity contribution in [3.63, 3.8) is 0 Å². The Bertz CT molecular complexity index is 3210. The highest BCUT2D eigenvalue weighted by Gasteiger charge is 2.19. The van der Waals surface area contributed by atoms with Gasteiger partial charge in [0.25, 0.3) is 0 Å². The summed E-state index contributed by atoms with van der Waals surface area (Å²) in [6.07, 6.45) is 2.74. The molecule has 1 amide bonds. The molecule has 0 aliphatic heterocycles. The lowest BCUT2D eigenvalue weighted by Gasteiger charge is -2.19. The number of halogens is 2. The fraction of sp³-hybridized carbons (Fsp3) is 0.178. The topological polar surface area (TPSA) is 241 Å². The normalized spacial score (nSPS) is 11.8. The quantitative estimate of drug-likeness (QED) is 0.0537. The zero-order chi connectivity index (χ0) is 47.8. The molecule has 67 heavy (non-hydrogen) atoms. The molecule has 8 aromatic rings. The van der Waals surface area contributed by atoms with Crippen molar-refractivity contribution in [2.45, 2.75) is 36.2 Å². The maximum Gasteiger partial charge on any atom is 0.407 e. The number of nitrogens with zero attached hydrogens (tertiary/aromatic N) is 6. The molecular weight excluding hydrogens is 1030 g/mol. The van der Waals surface area contributed by atoms with E-state index in [2.05, 4.69) is 67.5 Å². The van der Waals surface area contributed by atoms with Gasteiger partial charge in [-0.3, -0.25) is 0 Å². The Morgan fingerprint density at radius 1 is 0.627 bits per heavy atom. The molecule has 4 heterocycles. The molecule has 7 N–H and O–H groups in total. The van der Waals surface area contributed by atoms with Crippen LogP contribution in [-0.2, 0) is 24.8 Å². The summed E-state index contributed by atoms with van der Waals surface area (Å²) in [5.74, 6) is 1.36. The Hall–Kier alpha value is -6.27. The van der Waals surface area contributed by atoms with E-state index in [0.717, 1.165) is 31.5 Å². The van der Waals surface area contributed by atoms with E-state index in [1.165, 1.54) is 24.3 Å². The smallest absolute Gasteiger partial charge is 0.407 e. The number of anilines is 4. The number of rotatable bonds is 15. The van der Waals surface area contributed by atoms with Gasteiger partial charge >= 0.3 is 6.09 Å². The van der Waals surface area contributed by atoms with E-state index in [9.17, 15) is 21.6 Å². The minimum atomic E-state index is -3.76. The third kappa shape index (κ3) is 12.6. The molecule has 0 fully saturated rings.